The lowest BCUT2D eigenvalue weighted by Gasteiger charge is -2.27. The lowest BCUT2D eigenvalue weighted by molar-refractivity contribution is -0.128. The molecule has 0 aromatic rings. The molecule has 1 amide bonds. The van der Waals surface area contributed by atoms with Gasteiger partial charge in [0.15, 0.2) is 0 Å². The second-order valence-corrected chi connectivity index (χ2v) is 4.99. The van der Waals surface area contributed by atoms with Gasteiger partial charge in [0.25, 0.3) is 0 Å². The first kappa shape index (κ1) is 11.9. The minimum Gasteiger partial charge on any atom is -0.326 e. The van der Waals surface area contributed by atoms with Crippen LogP contribution in [0, 0.1) is 5.92 Å². The van der Waals surface area contributed by atoms with Gasteiger partial charge in [0.05, 0.1) is 12.7 Å². The number of thioether (sulfide) groups is 1. The lowest BCUT2D eigenvalue weighted by Crippen LogP contribution is -2.41. The predicted molar refractivity (Wildman–Crippen MR) is 61.3 cm³/mol. The van der Waals surface area contributed by atoms with Crippen molar-refractivity contribution in [3.05, 3.63) is 0 Å². The van der Waals surface area contributed by atoms with E-state index < -0.39 is 0 Å². The Balaban J connectivity index is 2.41. The summed E-state index contributed by atoms with van der Waals surface area (Å²) in [7, 11) is 0. The highest BCUT2D eigenvalue weighted by atomic mass is 32.2. The van der Waals surface area contributed by atoms with Crippen molar-refractivity contribution in [3.63, 3.8) is 0 Å². The number of hydrogen-bond donors (Lipinski definition) is 1. The quantitative estimate of drug-likeness (QED) is 0.700. The molecule has 4 heteroatoms. The molecule has 0 bridgehead atoms. The Kier molecular flexibility index (Phi) is 4.75. The largest absolute Gasteiger partial charge is 0.326 e. The van der Waals surface area contributed by atoms with E-state index in [4.69, 9.17) is 0 Å². The van der Waals surface area contributed by atoms with E-state index >= 15 is 0 Å². The molecule has 1 N–H and O–H groups in total. The maximum atomic E-state index is 11.5. The molecule has 1 aliphatic heterocycles. The number of nitrogens with zero attached hydrogens (tertiary/aromatic N) is 1. The summed E-state index contributed by atoms with van der Waals surface area (Å²) in [4.78, 5) is 13.5. The van der Waals surface area contributed by atoms with Gasteiger partial charge in [-0.1, -0.05) is 13.8 Å². The highest BCUT2D eigenvalue weighted by Gasteiger charge is 2.31. The second-order valence-electron chi connectivity index (χ2n) is 4.00. The van der Waals surface area contributed by atoms with Crippen LogP contribution in [0.2, 0.25) is 0 Å². The molecule has 3 nitrogen and oxygen atoms in total. The zero-order valence-corrected chi connectivity index (χ0v) is 10.1. The summed E-state index contributed by atoms with van der Waals surface area (Å²) in [5.41, 5.74) is 0. The molecule has 1 atom stereocenters. The number of carbonyl (C=O) groups is 1. The molecule has 1 unspecified atom stereocenters. The minimum absolute atomic E-state index is 0.254. The van der Waals surface area contributed by atoms with E-state index in [0.717, 1.165) is 18.7 Å². The maximum absolute atomic E-state index is 11.5. The number of nitrogens with one attached hydrogen (secondary N) is 1. The Hall–Kier alpha value is -0.220. The zero-order chi connectivity index (χ0) is 10.6. The normalized spacial score (nSPS) is 22.4. The van der Waals surface area contributed by atoms with Gasteiger partial charge in [0.1, 0.15) is 0 Å². The molecular formula is C10H20N2OS. The molecular weight excluding hydrogens is 196 g/mol. The van der Waals surface area contributed by atoms with Crippen molar-refractivity contribution in [3.8, 4) is 0 Å². The van der Waals surface area contributed by atoms with Crippen molar-refractivity contribution in [2.24, 2.45) is 5.92 Å². The number of rotatable bonds is 5. The van der Waals surface area contributed by atoms with Crippen molar-refractivity contribution in [2.45, 2.75) is 26.4 Å². The van der Waals surface area contributed by atoms with Gasteiger partial charge in [0.2, 0.25) is 5.91 Å². The van der Waals surface area contributed by atoms with Gasteiger partial charge in [-0.25, -0.2) is 0 Å². The van der Waals surface area contributed by atoms with E-state index in [1.54, 1.807) is 0 Å². The molecule has 1 fully saturated rings. The Morgan fingerprint density at radius 3 is 2.93 bits per heavy atom. The summed E-state index contributed by atoms with van der Waals surface area (Å²) >= 11 is 1.84. The van der Waals surface area contributed by atoms with E-state index in [1.807, 2.05) is 16.7 Å². The molecule has 1 heterocycles. The topological polar surface area (TPSA) is 32.3 Å². The van der Waals surface area contributed by atoms with Gasteiger partial charge in [0, 0.05) is 6.54 Å². The third kappa shape index (κ3) is 2.89. The molecule has 0 aliphatic carbocycles. The Morgan fingerprint density at radius 2 is 2.36 bits per heavy atom. The molecule has 1 rings (SSSR count). The number of hydrogen-bond acceptors (Lipinski definition) is 3. The fourth-order valence-electron chi connectivity index (χ4n) is 1.80. The Labute approximate surface area is 90.6 Å². The van der Waals surface area contributed by atoms with Crippen LogP contribution in [0.4, 0.5) is 0 Å². The van der Waals surface area contributed by atoms with Crippen molar-refractivity contribution < 1.29 is 4.79 Å². The molecule has 82 valence electrons. The SMILES string of the molecule is CSCCCN1C(=O)CNC1C(C)C. The molecule has 1 saturated heterocycles. The van der Waals surface area contributed by atoms with Gasteiger partial charge in [-0.15, -0.1) is 0 Å². The molecule has 0 spiro atoms. The van der Waals surface area contributed by atoms with Crippen molar-refractivity contribution in [2.75, 3.05) is 25.1 Å². The Morgan fingerprint density at radius 1 is 1.64 bits per heavy atom. The van der Waals surface area contributed by atoms with Gasteiger partial charge in [-0.2, -0.15) is 11.8 Å². The highest BCUT2D eigenvalue weighted by molar-refractivity contribution is 7.98. The third-order valence-electron chi connectivity index (χ3n) is 2.50. The first-order valence-electron chi connectivity index (χ1n) is 5.18. The van der Waals surface area contributed by atoms with E-state index in [1.165, 1.54) is 0 Å². The van der Waals surface area contributed by atoms with E-state index in [-0.39, 0.29) is 12.1 Å². The van der Waals surface area contributed by atoms with Crippen molar-refractivity contribution in [1.82, 2.24) is 10.2 Å². The van der Waals surface area contributed by atoms with Crippen LogP contribution in [-0.2, 0) is 4.79 Å². The average molecular weight is 216 g/mol. The molecule has 0 radical (unpaired) electrons. The van der Waals surface area contributed by atoms with Gasteiger partial charge in [-0.05, 0) is 24.3 Å². The van der Waals surface area contributed by atoms with Crippen LogP contribution in [0.1, 0.15) is 20.3 Å². The fourth-order valence-corrected chi connectivity index (χ4v) is 2.22. The predicted octanol–water partition coefficient (Wildman–Crippen LogP) is 1.15. The van der Waals surface area contributed by atoms with Crippen LogP contribution >= 0.6 is 11.8 Å². The molecule has 0 aromatic carbocycles. The minimum atomic E-state index is 0.254. The molecule has 0 aromatic heterocycles. The zero-order valence-electron chi connectivity index (χ0n) is 9.25. The van der Waals surface area contributed by atoms with Crippen LogP contribution in [0.5, 0.6) is 0 Å². The summed E-state index contributed by atoms with van der Waals surface area (Å²) in [5, 5.41) is 3.25. The van der Waals surface area contributed by atoms with Gasteiger partial charge in [-0.3, -0.25) is 10.1 Å². The van der Waals surface area contributed by atoms with Gasteiger partial charge < -0.3 is 4.90 Å². The monoisotopic (exact) mass is 216 g/mol. The van der Waals surface area contributed by atoms with Crippen molar-refractivity contribution >= 4 is 17.7 Å². The Bertz CT molecular complexity index is 197. The van der Waals surface area contributed by atoms with Crippen LogP contribution < -0.4 is 5.32 Å². The summed E-state index contributed by atoms with van der Waals surface area (Å²) in [6.45, 7) is 5.72. The van der Waals surface area contributed by atoms with E-state index in [9.17, 15) is 4.79 Å². The van der Waals surface area contributed by atoms with Crippen LogP contribution in [-0.4, -0.2) is 42.1 Å². The maximum Gasteiger partial charge on any atom is 0.237 e. The first-order valence-corrected chi connectivity index (χ1v) is 6.58. The van der Waals surface area contributed by atoms with Crippen molar-refractivity contribution in [1.29, 1.82) is 0 Å². The first-order chi connectivity index (χ1) is 6.66. The molecule has 14 heavy (non-hydrogen) atoms. The van der Waals surface area contributed by atoms with E-state index in [0.29, 0.717) is 12.5 Å². The standard InChI is InChI=1S/C10H20N2OS/c1-8(2)10-11-7-9(13)12(10)5-4-6-14-3/h8,10-11H,4-7H2,1-3H3. The van der Waals surface area contributed by atoms with Crippen LogP contribution in [0.25, 0.3) is 0 Å². The molecule has 1 aliphatic rings. The summed E-state index contributed by atoms with van der Waals surface area (Å²) in [6, 6.07) is 0. The summed E-state index contributed by atoms with van der Waals surface area (Å²) in [6.07, 6.45) is 3.45. The highest BCUT2D eigenvalue weighted by Crippen LogP contribution is 2.14. The van der Waals surface area contributed by atoms with E-state index in [2.05, 4.69) is 25.4 Å². The lowest BCUT2D eigenvalue weighted by atomic mass is 10.1. The average Bonchev–Trinajstić information content (AvgIpc) is 2.48. The third-order valence-corrected chi connectivity index (χ3v) is 3.19. The van der Waals surface area contributed by atoms with Crippen LogP contribution in [0.3, 0.4) is 0 Å². The fraction of sp³-hybridized carbons (Fsp3) is 0.900. The smallest absolute Gasteiger partial charge is 0.237 e. The second kappa shape index (κ2) is 5.61. The number of amides is 1. The number of carbonyl (C=O) groups excluding carboxylic acids is 1. The summed E-state index contributed by atoms with van der Waals surface area (Å²) < 4.78 is 0. The summed E-state index contributed by atoms with van der Waals surface area (Å²) in [5.74, 6) is 1.88. The molecule has 0 saturated carbocycles. The van der Waals surface area contributed by atoms with Gasteiger partial charge >= 0.3 is 0 Å². The van der Waals surface area contributed by atoms with Crippen LogP contribution in [0.15, 0.2) is 0 Å².